The summed E-state index contributed by atoms with van der Waals surface area (Å²) in [5.41, 5.74) is 5.92. The smallest absolute Gasteiger partial charge is 0.239 e. The van der Waals surface area contributed by atoms with E-state index in [4.69, 9.17) is 5.73 Å². The van der Waals surface area contributed by atoms with Gasteiger partial charge in [-0.25, -0.2) is 0 Å². The summed E-state index contributed by atoms with van der Waals surface area (Å²) >= 11 is 0. The van der Waals surface area contributed by atoms with Crippen LogP contribution in [0.4, 0.5) is 0 Å². The van der Waals surface area contributed by atoms with Gasteiger partial charge in [0.2, 0.25) is 11.8 Å². The van der Waals surface area contributed by atoms with E-state index in [1.165, 1.54) is 0 Å². The fourth-order valence-electron chi connectivity index (χ4n) is 2.30. The first kappa shape index (κ1) is 15.0. The highest BCUT2D eigenvalue weighted by Gasteiger charge is 2.24. The summed E-state index contributed by atoms with van der Waals surface area (Å²) in [6.45, 7) is 8.36. The van der Waals surface area contributed by atoms with Gasteiger partial charge in [-0.1, -0.05) is 13.8 Å². The second kappa shape index (κ2) is 6.73. The minimum atomic E-state index is -0.408. The maximum absolute atomic E-state index is 12.2. The number of hydrogen-bond donors (Lipinski definition) is 1. The van der Waals surface area contributed by atoms with Gasteiger partial charge >= 0.3 is 0 Å². The van der Waals surface area contributed by atoms with Crippen LogP contribution in [0.25, 0.3) is 0 Å². The molecule has 1 fully saturated rings. The quantitative estimate of drug-likeness (QED) is 0.796. The average Bonchev–Trinajstić information content (AvgIpc) is 2.52. The summed E-state index contributed by atoms with van der Waals surface area (Å²) in [6, 6.07) is -0.408. The molecule has 1 aliphatic rings. The second-order valence-electron chi connectivity index (χ2n) is 5.42. The maximum atomic E-state index is 12.2. The first-order chi connectivity index (χ1) is 8.41. The minimum Gasteiger partial charge on any atom is -0.341 e. The highest BCUT2D eigenvalue weighted by atomic mass is 16.2. The first-order valence-electron chi connectivity index (χ1n) is 6.71. The monoisotopic (exact) mass is 255 g/mol. The molecule has 1 atom stereocenters. The van der Waals surface area contributed by atoms with E-state index < -0.39 is 6.04 Å². The highest BCUT2D eigenvalue weighted by molar-refractivity contribution is 5.81. The van der Waals surface area contributed by atoms with Gasteiger partial charge in [-0.05, 0) is 18.8 Å². The Morgan fingerprint density at radius 3 is 2.22 bits per heavy atom. The van der Waals surface area contributed by atoms with Crippen molar-refractivity contribution in [1.29, 1.82) is 0 Å². The van der Waals surface area contributed by atoms with Gasteiger partial charge in [0.1, 0.15) is 0 Å². The van der Waals surface area contributed by atoms with Crippen molar-refractivity contribution in [3.63, 3.8) is 0 Å². The number of rotatable bonds is 3. The maximum Gasteiger partial charge on any atom is 0.239 e. The molecule has 1 heterocycles. The van der Waals surface area contributed by atoms with Crippen LogP contribution < -0.4 is 5.73 Å². The van der Waals surface area contributed by atoms with Crippen molar-refractivity contribution < 1.29 is 9.59 Å². The second-order valence-corrected chi connectivity index (χ2v) is 5.42. The lowest BCUT2D eigenvalue weighted by atomic mass is 10.0. The fourth-order valence-corrected chi connectivity index (χ4v) is 2.30. The summed E-state index contributed by atoms with van der Waals surface area (Å²) in [5.74, 6) is 0.523. The van der Waals surface area contributed by atoms with E-state index in [2.05, 4.69) is 13.8 Å². The molecule has 18 heavy (non-hydrogen) atoms. The molecule has 104 valence electrons. The summed E-state index contributed by atoms with van der Waals surface area (Å²) in [5, 5.41) is 0. The van der Waals surface area contributed by atoms with Crippen molar-refractivity contribution in [2.24, 2.45) is 11.7 Å². The topological polar surface area (TPSA) is 66.6 Å². The van der Waals surface area contributed by atoms with Crippen molar-refractivity contribution in [1.82, 2.24) is 9.80 Å². The fraction of sp³-hybridized carbons (Fsp3) is 0.846. The van der Waals surface area contributed by atoms with E-state index in [0.717, 1.165) is 13.0 Å². The first-order valence-corrected chi connectivity index (χ1v) is 6.71. The Morgan fingerprint density at radius 1 is 1.11 bits per heavy atom. The standard InChI is InChI=1S/C13H25N3O2/c1-10(2)9-12(14)13(18)16-6-4-5-15(7-8-16)11(3)17/h10,12H,4-9,14H2,1-3H3/t12-/m0/s1. The molecule has 0 unspecified atom stereocenters. The molecule has 2 amide bonds. The molecule has 0 bridgehead atoms. The van der Waals surface area contributed by atoms with Crippen molar-refractivity contribution in [2.45, 2.75) is 39.7 Å². The van der Waals surface area contributed by atoms with E-state index in [1.807, 2.05) is 0 Å². The molecule has 1 saturated heterocycles. The van der Waals surface area contributed by atoms with Crippen molar-refractivity contribution >= 4 is 11.8 Å². The number of hydrogen-bond acceptors (Lipinski definition) is 3. The predicted octanol–water partition coefficient (Wildman–Crippen LogP) is 0.441. The Hall–Kier alpha value is -1.10. The lowest BCUT2D eigenvalue weighted by molar-refractivity contribution is -0.134. The van der Waals surface area contributed by atoms with Crippen molar-refractivity contribution in [3.8, 4) is 0 Å². The molecular formula is C13H25N3O2. The molecule has 0 spiro atoms. The largest absolute Gasteiger partial charge is 0.341 e. The zero-order chi connectivity index (χ0) is 13.7. The van der Waals surface area contributed by atoms with Crippen LogP contribution in [0.5, 0.6) is 0 Å². The van der Waals surface area contributed by atoms with Crippen LogP contribution in [0.1, 0.15) is 33.6 Å². The minimum absolute atomic E-state index is 0.0223. The predicted molar refractivity (Wildman–Crippen MR) is 70.9 cm³/mol. The average molecular weight is 255 g/mol. The third-order valence-electron chi connectivity index (χ3n) is 3.30. The van der Waals surface area contributed by atoms with Gasteiger partial charge in [0, 0.05) is 33.1 Å². The SMILES string of the molecule is CC(=O)N1CCCN(C(=O)[C@@H](N)CC(C)C)CC1. The Morgan fingerprint density at radius 2 is 1.67 bits per heavy atom. The Balaban J connectivity index is 2.52. The molecule has 2 N–H and O–H groups in total. The lowest BCUT2D eigenvalue weighted by Crippen LogP contribution is -2.46. The number of nitrogens with zero attached hydrogens (tertiary/aromatic N) is 2. The number of amides is 2. The van der Waals surface area contributed by atoms with Gasteiger partial charge in [-0.2, -0.15) is 0 Å². The lowest BCUT2D eigenvalue weighted by Gasteiger charge is -2.25. The van der Waals surface area contributed by atoms with Gasteiger partial charge in [0.15, 0.2) is 0 Å². The highest BCUT2D eigenvalue weighted by Crippen LogP contribution is 2.09. The van der Waals surface area contributed by atoms with Gasteiger partial charge in [0.05, 0.1) is 6.04 Å². The third-order valence-corrected chi connectivity index (χ3v) is 3.30. The van der Waals surface area contributed by atoms with Crippen LogP contribution >= 0.6 is 0 Å². The molecule has 0 aliphatic carbocycles. The molecule has 5 heteroatoms. The summed E-state index contributed by atoms with van der Waals surface area (Å²) in [4.78, 5) is 27.1. The Bertz CT molecular complexity index is 305. The molecule has 0 radical (unpaired) electrons. The van der Waals surface area contributed by atoms with E-state index in [9.17, 15) is 9.59 Å². The number of nitrogens with two attached hydrogens (primary N) is 1. The van der Waals surface area contributed by atoms with E-state index in [1.54, 1.807) is 16.7 Å². The van der Waals surface area contributed by atoms with Crippen LogP contribution in [0.2, 0.25) is 0 Å². The Kier molecular flexibility index (Phi) is 5.59. The summed E-state index contributed by atoms with van der Waals surface area (Å²) in [7, 11) is 0. The number of carbonyl (C=O) groups excluding carboxylic acids is 2. The van der Waals surface area contributed by atoms with Crippen molar-refractivity contribution in [3.05, 3.63) is 0 Å². The Labute approximate surface area is 109 Å². The molecule has 1 rings (SSSR count). The molecule has 0 aromatic rings. The van der Waals surface area contributed by atoms with Crippen LogP contribution in [-0.2, 0) is 9.59 Å². The molecule has 1 aliphatic heterocycles. The zero-order valence-electron chi connectivity index (χ0n) is 11.7. The zero-order valence-corrected chi connectivity index (χ0v) is 11.7. The summed E-state index contributed by atoms with van der Waals surface area (Å²) in [6.07, 6.45) is 1.55. The molecule has 0 aromatic carbocycles. The van der Waals surface area contributed by atoms with Crippen LogP contribution in [0.3, 0.4) is 0 Å². The van der Waals surface area contributed by atoms with Crippen LogP contribution in [-0.4, -0.2) is 53.8 Å². The molecular weight excluding hydrogens is 230 g/mol. The van der Waals surface area contributed by atoms with Crippen LogP contribution in [0.15, 0.2) is 0 Å². The number of carbonyl (C=O) groups is 2. The summed E-state index contributed by atoms with van der Waals surface area (Å²) < 4.78 is 0. The van der Waals surface area contributed by atoms with Gasteiger partial charge in [0.25, 0.3) is 0 Å². The van der Waals surface area contributed by atoms with Crippen molar-refractivity contribution in [2.75, 3.05) is 26.2 Å². The van der Waals surface area contributed by atoms with E-state index in [0.29, 0.717) is 32.0 Å². The molecule has 5 nitrogen and oxygen atoms in total. The third kappa shape index (κ3) is 4.29. The van der Waals surface area contributed by atoms with E-state index in [-0.39, 0.29) is 11.8 Å². The van der Waals surface area contributed by atoms with Gasteiger partial charge in [-0.15, -0.1) is 0 Å². The van der Waals surface area contributed by atoms with Gasteiger partial charge < -0.3 is 15.5 Å². The van der Waals surface area contributed by atoms with Crippen LogP contribution in [0, 0.1) is 5.92 Å². The molecule has 0 saturated carbocycles. The molecule has 0 aromatic heterocycles. The normalized spacial score (nSPS) is 18.7. The van der Waals surface area contributed by atoms with Gasteiger partial charge in [-0.3, -0.25) is 9.59 Å². The van der Waals surface area contributed by atoms with E-state index >= 15 is 0 Å².